The lowest BCUT2D eigenvalue weighted by atomic mass is 10.3. The average Bonchev–Trinajstić information content (AvgIpc) is 2.45. The average molecular weight is 307 g/mol. The van der Waals surface area contributed by atoms with Crippen LogP contribution in [-0.2, 0) is 6.54 Å². The maximum absolute atomic E-state index is 12.1. The third-order valence-corrected chi connectivity index (χ3v) is 2.69. The minimum atomic E-state index is -2.91. The van der Waals surface area contributed by atoms with Crippen molar-refractivity contribution in [2.75, 3.05) is 5.32 Å². The van der Waals surface area contributed by atoms with Crippen LogP contribution in [0, 0.1) is 6.92 Å². The molecule has 0 radical (unpaired) electrons. The van der Waals surface area contributed by atoms with E-state index in [-0.39, 0.29) is 12.3 Å². The summed E-state index contributed by atoms with van der Waals surface area (Å²) in [6.07, 6.45) is 0. The van der Waals surface area contributed by atoms with Gasteiger partial charge in [-0.25, -0.2) is 4.79 Å². The molecule has 0 saturated heterocycles. The van der Waals surface area contributed by atoms with Crippen LogP contribution in [-0.4, -0.2) is 17.6 Å². The molecule has 2 aromatic rings. The largest absolute Gasteiger partial charge is 0.435 e. The molecule has 2 rings (SSSR count). The van der Waals surface area contributed by atoms with Crippen molar-refractivity contribution in [1.82, 2.24) is 10.3 Å². The number of halogens is 2. The van der Waals surface area contributed by atoms with E-state index in [0.717, 1.165) is 11.4 Å². The van der Waals surface area contributed by atoms with E-state index >= 15 is 0 Å². The number of aryl methyl sites for hydroxylation is 1. The molecular formula is C15H15F2N3O2. The fraction of sp³-hybridized carbons (Fsp3) is 0.200. The summed E-state index contributed by atoms with van der Waals surface area (Å²) < 4.78 is 28.5. The molecule has 0 spiro atoms. The van der Waals surface area contributed by atoms with E-state index in [1.165, 1.54) is 18.2 Å². The second-order valence-corrected chi connectivity index (χ2v) is 4.48. The van der Waals surface area contributed by atoms with Crippen LogP contribution in [0.2, 0.25) is 0 Å². The zero-order valence-electron chi connectivity index (χ0n) is 11.8. The van der Waals surface area contributed by atoms with E-state index in [1.54, 1.807) is 12.1 Å². The van der Waals surface area contributed by atoms with Crippen molar-refractivity contribution in [3.63, 3.8) is 0 Å². The predicted molar refractivity (Wildman–Crippen MR) is 77.9 cm³/mol. The van der Waals surface area contributed by atoms with E-state index in [9.17, 15) is 13.6 Å². The molecule has 0 aliphatic heterocycles. The molecule has 0 aliphatic rings. The number of hydrogen-bond acceptors (Lipinski definition) is 3. The van der Waals surface area contributed by atoms with E-state index in [2.05, 4.69) is 20.4 Å². The summed E-state index contributed by atoms with van der Waals surface area (Å²) in [5.41, 5.74) is 1.94. The minimum absolute atomic E-state index is 0.0202. The first-order valence-corrected chi connectivity index (χ1v) is 6.55. The standard InChI is InChI=1S/C15H15F2N3O2/c1-10-4-2-6-12(19-10)9-18-15(21)20-11-5-3-7-13(8-11)22-14(16)17/h2-8,14H,9H2,1H3,(H2,18,20,21). The molecule has 1 heterocycles. The Balaban J connectivity index is 1.89. The van der Waals surface area contributed by atoms with Crippen molar-refractivity contribution in [2.24, 2.45) is 0 Å². The van der Waals surface area contributed by atoms with Crippen molar-refractivity contribution in [3.05, 3.63) is 53.9 Å². The van der Waals surface area contributed by atoms with E-state index in [4.69, 9.17) is 0 Å². The topological polar surface area (TPSA) is 63.2 Å². The van der Waals surface area contributed by atoms with Gasteiger partial charge in [0.15, 0.2) is 0 Å². The molecule has 0 fully saturated rings. The van der Waals surface area contributed by atoms with Crippen LogP contribution in [0.3, 0.4) is 0 Å². The summed E-state index contributed by atoms with van der Waals surface area (Å²) in [6.45, 7) is -0.782. The van der Waals surface area contributed by atoms with E-state index in [0.29, 0.717) is 5.69 Å². The maximum Gasteiger partial charge on any atom is 0.387 e. The van der Waals surface area contributed by atoms with Crippen molar-refractivity contribution < 1.29 is 18.3 Å². The van der Waals surface area contributed by atoms with Crippen LogP contribution in [0.5, 0.6) is 5.75 Å². The quantitative estimate of drug-likeness (QED) is 0.890. The number of pyridine rings is 1. The molecule has 0 saturated carbocycles. The number of nitrogens with one attached hydrogen (secondary N) is 2. The highest BCUT2D eigenvalue weighted by molar-refractivity contribution is 5.89. The molecule has 2 amide bonds. The van der Waals surface area contributed by atoms with Gasteiger partial charge >= 0.3 is 12.6 Å². The van der Waals surface area contributed by atoms with Crippen molar-refractivity contribution >= 4 is 11.7 Å². The summed E-state index contributed by atoms with van der Waals surface area (Å²) in [4.78, 5) is 16.0. The zero-order valence-corrected chi connectivity index (χ0v) is 11.8. The smallest absolute Gasteiger partial charge is 0.387 e. The van der Waals surface area contributed by atoms with Crippen molar-refractivity contribution in [3.8, 4) is 5.75 Å². The van der Waals surface area contributed by atoms with Gasteiger partial charge in [-0.05, 0) is 31.2 Å². The Bertz CT molecular complexity index is 650. The molecule has 0 aliphatic carbocycles. The summed E-state index contributed by atoms with van der Waals surface area (Å²) in [6, 6.07) is 10.8. The van der Waals surface area contributed by atoms with Gasteiger partial charge in [-0.2, -0.15) is 8.78 Å². The Morgan fingerprint density at radius 2 is 2.05 bits per heavy atom. The fourth-order valence-electron chi connectivity index (χ4n) is 1.79. The van der Waals surface area contributed by atoms with Gasteiger partial charge in [0.2, 0.25) is 0 Å². The summed E-state index contributed by atoms with van der Waals surface area (Å²) in [5, 5.41) is 5.17. The lowest BCUT2D eigenvalue weighted by Crippen LogP contribution is -2.28. The molecule has 5 nitrogen and oxygen atoms in total. The highest BCUT2D eigenvalue weighted by Gasteiger charge is 2.07. The molecule has 7 heteroatoms. The Kier molecular flexibility index (Phi) is 5.24. The molecule has 0 atom stereocenters. The van der Waals surface area contributed by atoms with Gasteiger partial charge < -0.3 is 15.4 Å². The lowest BCUT2D eigenvalue weighted by Gasteiger charge is -2.09. The lowest BCUT2D eigenvalue weighted by molar-refractivity contribution is -0.0497. The van der Waals surface area contributed by atoms with Gasteiger partial charge in [0.25, 0.3) is 0 Å². The number of anilines is 1. The van der Waals surface area contributed by atoms with Crippen molar-refractivity contribution in [2.45, 2.75) is 20.1 Å². The number of ether oxygens (including phenoxy) is 1. The molecule has 116 valence electrons. The zero-order chi connectivity index (χ0) is 15.9. The third-order valence-electron chi connectivity index (χ3n) is 2.69. The van der Waals surface area contributed by atoms with Crippen LogP contribution in [0.4, 0.5) is 19.3 Å². The monoisotopic (exact) mass is 307 g/mol. The SMILES string of the molecule is Cc1cccc(CNC(=O)Nc2cccc(OC(F)F)c2)n1. The molecule has 0 unspecified atom stereocenters. The number of benzene rings is 1. The highest BCUT2D eigenvalue weighted by Crippen LogP contribution is 2.19. The third kappa shape index (κ3) is 5.01. The maximum atomic E-state index is 12.1. The number of hydrogen-bond donors (Lipinski definition) is 2. The molecule has 0 bridgehead atoms. The summed E-state index contributed by atoms with van der Waals surface area (Å²) >= 11 is 0. The van der Waals surface area contributed by atoms with Crippen molar-refractivity contribution in [1.29, 1.82) is 0 Å². The van der Waals surface area contributed by atoms with Gasteiger partial charge in [-0.1, -0.05) is 12.1 Å². The van der Waals surface area contributed by atoms with Crippen LogP contribution in [0.25, 0.3) is 0 Å². The van der Waals surface area contributed by atoms with Crippen LogP contribution in [0.1, 0.15) is 11.4 Å². The minimum Gasteiger partial charge on any atom is -0.435 e. The number of aromatic nitrogens is 1. The molecular weight excluding hydrogens is 292 g/mol. The van der Waals surface area contributed by atoms with Gasteiger partial charge in [-0.15, -0.1) is 0 Å². The summed E-state index contributed by atoms with van der Waals surface area (Å²) in [5.74, 6) is -0.0202. The number of alkyl halides is 2. The first kappa shape index (κ1) is 15.7. The number of carbonyl (C=O) groups excluding carboxylic acids is 1. The van der Waals surface area contributed by atoms with Gasteiger partial charge in [-0.3, -0.25) is 4.98 Å². The van der Waals surface area contributed by atoms with Crippen LogP contribution in [0.15, 0.2) is 42.5 Å². The Morgan fingerprint density at radius 1 is 1.27 bits per heavy atom. The Hall–Kier alpha value is -2.70. The van der Waals surface area contributed by atoms with Gasteiger partial charge in [0, 0.05) is 17.4 Å². The normalized spacial score (nSPS) is 10.4. The van der Waals surface area contributed by atoms with Crippen LogP contribution < -0.4 is 15.4 Å². The van der Waals surface area contributed by atoms with E-state index in [1.807, 2.05) is 19.1 Å². The molecule has 1 aromatic heterocycles. The van der Waals surface area contributed by atoms with E-state index < -0.39 is 12.6 Å². The van der Waals surface area contributed by atoms with Crippen LogP contribution >= 0.6 is 0 Å². The molecule has 22 heavy (non-hydrogen) atoms. The first-order chi connectivity index (χ1) is 10.5. The Labute approximate surface area is 126 Å². The van der Waals surface area contributed by atoms with Gasteiger partial charge in [0.1, 0.15) is 5.75 Å². The van der Waals surface area contributed by atoms with Gasteiger partial charge in [0.05, 0.1) is 12.2 Å². The molecule has 1 aromatic carbocycles. The first-order valence-electron chi connectivity index (χ1n) is 6.55. The second kappa shape index (κ2) is 7.35. The predicted octanol–water partition coefficient (Wildman–Crippen LogP) is 3.31. The second-order valence-electron chi connectivity index (χ2n) is 4.48. The number of amides is 2. The molecule has 2 N–H and O–H groups in total. The summed E-state index contributed by atoms with van der Waals surface area (Å²) in [7, 11) is 0. The number of carbonyl (C=O) groups is 1. The Morgan fingerprint density at radius 3 is 2.77 bits per heavy atom. The highest BCUT2D eigenvalue weighted by atomic mass is 19.3. The fourth-order valence-corrected chi connectivity index (χ4v) is 1.79. The number of urea groups is 1. The number of nitrogens with zero attached hydrogens (tertiary/aromatic N) is 1. The number of rotatable bonds is 5.